The largest absolute Gasteiger partial charge is 0.381 e. The van der Waals surface area contributed by atoms with Crippen molar-refractivity contribution in [1.29, 1.82) is 0 Å². The Kier molecular flexibility index (Phi) is 5.57. The molecule has 2 amide bonds. The number of carbonyl (C=O) groups excluding carboxylic acids is 2. The Morgan fingerprint density at radius 2 is 1.62 bits per heavy atom. The van der Waals surface area contributed by atoms with Gasteiger partial charge in [0.1, 0.15) is 11.3 Å². The van der Waals surface area contributed by atoms with Gasteiger partial charge in [0.2, 0.25) is 0 Å². The van der Waals surface area contributed by atoms with Gasteiger partial charge >= 0.3 is 0 Å². The molecule has 0 unspecified atom stereocenters. The van der Waals surface area contributed by atoms with Crippen molar-refractivity contribution in [2.24, 2.45) is 11.8 Å². The second kappa shape index (κ2) is 9.09. The molecule has 0 radical (unpaired) electrons. The second-order valence-electron chi connectivity index (χ2n) is 11.0. The molecule has 2 N–H and O–H groups in total. The van der Waals surface area contributed by atoms with Gasteiger partial charge in [-0.05, 0) is 61.4 Å². The van der Waals surface area contributed by atoms with Crippen LogP contribution in [0.25, 0.3) is 11.0 Å². The molecule has 3 saturated heterocycles. The zero-order valence-corrected chi connectivity index (χ0v) is 20.7. The Morgan fingerprint density at radius 1 is 0.919 bits per heavy atom. The van der Waals surface area contributed by atoms with Gasteiger partial charge in [0.05, 0.1) is 11.1 Å². The van der Waals surface area contributed by atoms with E-state index in [1.54, 1.807) is 12.3 Å². The Hall–Kier alpha value is -3.53. The summed E-state index contributed by atoms with van der Waals surface area (Å²) in [6, 6.07) is 7.89. The van der Waals surface area contributed by atoms with Gasteiger partial charge in [-0.25, -0.2) is 4.98 Å². The number of aromatic amines is 1. The lowest BCUT2D eigenvalue weighted by molar-refractivity contribution is 0.0738. The molecular weight excluding hydrogens is 470 g/mol. The predicted molar refractivity (Wildman–Crippen MR) is 136 cm³/mol. The first-order valence-corrected chi connectivity index (χ1v) is 13.4. The van der Waals surface area contributed by atoms with Gasteiger partial charge < -0.3 is 19.9 Å². The molecule has 192 valence electrons. The van der Waals surface area contributed by atoms with Crippen LogP contribution >= 0.6 is 0 Å². The number of hydrogen-bond donors (Lipinski definition) is 2. The Labute approximate surface area is 214 Å². The minimum atomic E-state index is 0.0167. The van der Waals surface area contributed by atoms with Crippen molar-refractivity contribution in [1.82, 2.24) is 30.2 Å². The number of anilines is 1. The number of aromatic nitrogens is 4. The van der Waals surface area contributed by atoms with Crippen molar-refractivity contribution < 1.29 is 14.3 Å². The van der Waals surface area contributed by atoms with Crippen LogP contribution in [0.15, 0.2) is 30.5 Å². The quantitative estimate of drug-likeness (QED) is 0.552. The van der Waals surface area contributed by atoms with Gasteiger partial charge in [0, 0.05) is 69.0 Å². The van der Waals surface area contributed by atoms with Crippen LogP contribution in [0.4, 0.5) is 5.82 Å². The third kappa shape index (κ3) is 4.33. The molecule has 5 heterocycles. The van der Waals surface area contributed by atoms with E-state index in [9.17, 15) is 9.59 Å². The Morgan fingerprint density at radius 3 is 2.32 bits per heavy atom. The predicted octanol–water partition coefficient (Wildman–Crippen LogP) is 2.67. The number of rotatable bonds is 5. The van der Waals surface area contributed by atoms with E-state index in [1.807, 2.05) is 21.9 Å². The summed E-state index contributed by atoms with van der Waals surface area (Å²) >= 11 is 0. The van der Waals surface area contributed by atoms with Crippen LogP contribution in [0.2, 0.25) is 0 Å². The van der Waals surface area contributed by atoms with Crippen LogP contribution in [-0.4, -0.2) is 87.4 Å². The molecule has 3 aromatic rings. The van der Waals surface area contributed by atoms with Crippen LogP contribution in [0, 0.1) is 11.8 Å². The Bertz CT molecular complexity index is 1330. The smallest absolute Gasteiger partial charge is 0.255 e. The van der Waals surface area contributed by atoms with E-state index in [-0.39, 0.29) is 11.8 Å². The van der Waals surface area contributed by atoms with E-state index in [1.165, 1.54) is 5.56 Å². The summed E-state index contributed by atoms with van der Waals surface area (Å²) in [6.07, 6.45) is 6.01. The lowest BCUT2D eigenvalue weighted by Gasteiger charge is -2.25. The van der Waals surface area contributed by atoms with Crippen molar-refractivity contribution in [3.05, 3.63) is 47.2 Å². The molecule has 4 aliphatic rings. The van der Waals surface area contributed by atoms with Crippen LogP contribution in [0.1, 0.15) is 57.9 Å². The monoisotopic (exact) mass is 501 g/mol. The van der Waals surface area contributed by atoms with Crippen molar-refractivity contribution in [3.8, 4) is 0 Å². The van der Waals surface area contributed by atoms with Crippen molar-refractivity contribution >= 4 is 28.7 Å². The van der Waals surface area contributed by atoms with E-state index in [0.29, 0.717) is 66.6 Å². The van der Waals surface area contributed by atoms with E-state index in [4.69, 9.17) is 9.72 Å². The highest BCUT2D eigenvalue weighted by molar-refractivity contribution is 5.97. The van der Waals surface area contributed by atoms with Gasteiger partial charge in [0.15, 0.2) is 0 Å². The number of H-pyrrole nitrogens is 1. The first kappa shape index (κ1) is 22.7. The third-order valence-corrected chi connectivity index (χ3v) is 8.38. The van der Waals surface area contributed by atoms with Crippen molar-refractivity contribution in [2.75, 3.05) is 44.7 Å². The number of nitrogens with one attached hydrogen (secondary N) is 2. The maximum absolute atomic E-state index is 13.5. The highest BCUT2D eigenvalue weighted by Crippen LogP contribution is 2.43. The molecular formula is C27H31N7O3. The molecule has 7 rings (SSSR count). The maximum Gasteiger partial charge on any atom is 0.255 e. The number of benzene rings is 1. The van der Waals surface area contributed by atoms with Gasteiger partial charge in [-0.15, -0.1) is 5.10 Å². The van der Waals surface area contributed by atoms with Crippen LogP contribution < -0.4 is 5.32 Å². The highest BCUT2D eigenvalue weighted by atomic mass is 16.5. The van der Waals surface area contributed by atoms with Crippen LogP contribution in [0.3, 0.4) is 0 Å². The molecule has 0 spiro atoms. The molecule has 0 bridgehead atoms. The number of amides is 2. The summed E-state index contributed by atoms with van der Waals surface area (Å²) in [6.45, 7) is 4.26. The van der Waals surface area contributed by atoms with Gasteiger partial charge in [0.25, 0.3) is 11.8 Å². The molecule has 10 heteroatoms. The molecule has 1 aromatic carbocycles. The van der Waals surface area contributed by atoms with E-state index in [2.05, 4.69) is 26.8 Å². The summed E-state index contributed by atoms with van der Waals surface area (Å²) < 4.78 is 5.48. The fourth-order valence-corrected chi connectivity index (χ4v) is 6.12. The third-order valence-electron chi connectivity index (χ3n) is 8.38. The van der Waals surface area contributed by atoms with Crippen LogP contribution in [0.5, 0.6) is 0 Å². The van der Waals surface area contributed by atoms with E-state index >= 15 is 0 Å². The normalized spacial score (nSPS) is 24.0. The number of hydrogen-bond acceptors (Lipinski definition) is 7. The molecule has 4 fully saturated rings. The number of fused-ring (bicyclic) bond motifs is 2. The summed E-state index contributed by atoms with van der Waals surface area (Å²) in [4.78, 5) is 35.2. The number of nitrogens with zero attached hydrogens (tertiary/aromatic N) is 5. The molecule has 37 heavy (non-hydrogen) atoms. The van der Waals surface area contributed by atoms with Gasteiger partial charge in [-0.2, -0.15) is 0 Å². The number of ether oxygens (including phenoxy) is 1. The lowest BCUT2D eigenvalue weighted by Crippen LogP contribution is -2.35. The van der Waals surface area contributed by atoms with E-state index in [0.717, 1.165) is 50.2 Å². The molecule has 2 atom stereocenters. The van der Waals surface area contributed by atoms with E-state index < -0.39 is 0 Å². The number of carbonyl (C=O) groups is 2. The first-order valence-electron chi connectivity index (χ1n) is 13.4. The minimum Gasteiger partial charge on any atom is -0.381 e. The Balaban J connectivity index is 1.01. The summed E-state index contributed by atoms with van der Waals surface area (Å²) in [5.74, 6) is 2.10. The summed E-state index contributed by atoms with van der Waals surface area (Å²) in [5, 5.41) is 14.2. The summed E-state index contributed by atoms with van der Waals surface area (Å²) in [7, 11) is 0. The second-order valence-corrected chi connectivity index (χ2v) is 11.0. The zero-order valence-electron chi connectivity index (χ0n) is 20.7. The molecule has 1 saturated carbocycles. The van der Waals surface area contributed by atoms with Crippen LogP contribution in [-0.2, 0) is 4.74 Å². The molecule has 3 aliphatic heterocycles. The minimum absolute atomic E-state index is 0.0167. The molecule has 10 nitrogen and oxygen atoms in total. The topological polar surface area (TPSA) is 116 Å². The first-order chi connectivity index (χ1) is 18.1. The standard InChI is InChI=1S/C27H31N7O3/c35-26(17-3-4-23-24(10-17)31-32-30-23)33-12-19-14-34(15-20(19)13-33)27(36)18-9-22(16-1-2-16)25(28-11-18)29-21-5-7-37-8-6-21/h3-4,9-11,16,19-21H,1-2,5-8,12-15H2,(H,28,29)(H,30,31,32)/t19-,20-/m0/s1. The highest BCUT2D eigenvalue weighted by Gasteiger charge is 2.43. The summed E-state index contributed by atoms with van der Waals surface area (Å²) in [5.41, 5.74) is 3.99. The van der Waals surface area contributed by atoms with Gasteiger partial charge in [-0.1, -0.05) is 5.21 Å². The maximum atomic E-state index is 13.5. The van der Waals surface area contributed by atoms with Crippen molar-refractivity contribution in [3.63, 3.8) is 0 Å². The molecule has 2 aromatic heterocycles. The average molecular weight is 502 g/mol. The average Bonchev–Trinajstić information content (AvgIpc) is 3.33. The fraction of sp³-hybridized carbons (Fsp3) is 0.519. The fourth-order valence-electron chi connectivity index (χ4n) is 6.12. The number of likely N-dealkylation sites (tertiary alicyclic amines) is 2. The number of pyridine rings is 1. The SMILES string of the molecule is O=C(c1cnc(NC2CCOCC2)c(C2CC2)c1)N1C[C@@H]2CN(C(=O)c3ccc4[nH]nnc4c3)C[C@H]2C1. The van der Waals surface area contributed by atoms with Gasteiger partial charge in [-0.3, -0.25) is 14.7 Å². The zero-order chi connectivity index (χ0) is 24.9. The molecule has 1 aliphatic carbocycles. The lowest BCUT2D eigenvalue weighted by atomic mass is 10.0. The van der Waals surface area contributed by atoms with Crippen molar-refractivity contribution in [2.45, 2.75) is 37.6 Å².